The number of carbonyl (C=O) groups is 1. The molecule has 2 rings (SSSR count). The topological polar surface area (TPSA) is 55.0 Å². The van der Waals surface area contributed by atoms with Crippen LogP contribution in [0, 0.1) is 18.3 Å². The maximum absolute atomic E-state index is 11.5. The average molecular weight is 318 g/mol. The van der Waals surface area contributed by atoms with E-state index in [0.717, 1.165) is 22.5 Å². The molecule has 4 heteroatoms. The second-order valence-electron chi connectivity index (χ2n) is 5.09. The fourth-order valence-corrected chi connectivity index (χ4v) is 2.58. The molecule has 0 fully saturated rings. The normalized spacial score (nSPS) is 10.8. The molecule has 0 aliphatic heterocycles. The highest BCUT2D eigenvalue weighted by Crippen LogP contribution is 2.28. The van der Waals surface area contributed by atoms with Crippen LogP contribution < -0.4 is 0 Å². The lowest BCUT2D eigenvalue weighted by Crippen LogP contribution is -2.02. The number of hydrogen-bond acceptors (Lipinski definition) is 3. The third-order valence-corrected chi connectivity index (χ3v) is 3.74. The van der Waals surface area contributed by atoms with Crippen molar-refractivity contribution in [2.45, 2.75) is 6.92 Å². The molecule has 0 aliphatic rings. The van der Waals surface area contributed by atoms with Crippen LogP contribution in [0.3, 0.4) is 0 Å². The van der Waals surface area contributed by atoms with Gasteiger partial charge in [-0.1, -0.05) is 31.4 Å². The first-order valence-corrected chi connectivity index (χ1v) is 7.33. The van der Waals surface area contributed by atoms with Crippen LogP contribution in [-0.4, -0.2) is 17.6 Å². The van der Waals surface area contributed by atoms with Crippen LogP contribution in [0.15, 0.2) is 61.8 Å². The molecule has 2 aromatic rings. The van der Waals surface area contributed by atoms with Gasteiger partial charge in [-0.2, -0.15) is 5.26 Å². The van der Waals surface area contributed by atoms with Crippen molar-refractivity contribution < 1.29 is 9.53 Å². The van der Waals surface area contributed by atoms with Gasteiger partial charge in [-0.15, -0.1) is 0 Å². The van der Waals surface area contributed by atoms with Crippen molar-refractivity contribution in [3.05, 3.63) is 84.2 Å². The molecule has 0 radical (unpaired) electrons. The standard InChI is InChI=1S/C20H18N2O2/c1-5-7-15(6-2)19-14(3)22(13-17(19)12-21)18-10-8-16(9-11-18)20(23)24-4/h5-11,13H,1-2H2,3-4H3/b15-7+. The first kappa shape index (κ1) is 17.0. The number of aromatic nitrogens is 1. The van der Waals surface area contributed by atoms with Gasteiger partial charge >= 0.3 is 5.97 Å². The molecule has 0 amide bonds. The molecule has 0 N–H and O–H groups in total. The Morgan fingerprint density at radius 2 is 1.96 bits per heavy atom. The Hall–Kier alpha value is -3.32. The van der Waals surface area contributed by atoms with Gasteiger partial charge in [-0.3, -0.25) is 0 Å². The van der Waals surface area contributed by atoms with Crippen molar-refractivity contribution in [2.75, 3.05) is 7.11 Å². The van der Waals surface area contributed by atoms with Crippen LogP contribution in [0.5, 0.6) is 0 Å². The van der Waals surface area contributed by atoms with Gasteiger partial charge in [0.15, 0.2) is 0 Å². The smallest absolute Gasteiger partial charge is 0.337 e. The van der Waals surface area contributed by atoms with Crippen LogP contribution in [0.1, 0.15) is 27.2 Å². The van der Waals surface area contributed by atoms with Gasteiger partial charge in [0.25, 0.3) is 0 Å². The van der Waals surface area contributed by atoms with Gasteiger partial charge in [-0.05, 0) is 36.8 Å². The second-order valence-corrected chi connectivity index (χ2v) is 5.09. The zero-order valence-corrected chi connectivity index (χ0v) is 13.7. The molecule has 0 bridgehead atoms. The molecule has 0 atom stereocenters. The Balaban J connectivity index is 2.57. The molecular weight excluding hydrogens is 300 g/mol. The van der Waals surface area contributed by atoms with Gasteiger partial charge in [0, 0.05) is 23.1 Å². The van der Waals surface area contributed by atoms with Crippen LogP contribution in [0.25, 0.3) is 11.3 Å². The molecule has 4 nitrogen and oxygen atoms in total. The van der Waals surface area contributed by atoms with E-state index < -0.39 is 0 Å². The number of rotatable bonds is 5. The van der Waals surface area contributed by atoms with Crippen LogP contribution >= 0.6 is 0 Å². The maximum atomic E-state index is 11.5. The minimum atomic E-state index is -0.382. The quantitative estimate of drug-likeness (QED) is 0.613. The Morgan fingerprint density at radius 1 is 1.29 bits per heavy atom. The molecule has 1 heterocycles. The van der Waals surface area contributed by atoms with E-state index in [2.05, 4.69) is 19.2 Å². The Kier molecular flexibility index (Phi) is 5.18. The fourth-order valence-electron chi connectivity index (χ4n) is 2.58. The predicted octanol–water partition coefficient (Wildman–Crippen LogP) is 4.20. The van der Waals surface area contributed by atoms with Crippen molar-refractivity contribution in [3.63, 3.8) is 0 Å². The van der Waals surface area contributed by atoms with Crippen molar-refractivity contribution >= 4 is 11.5 Å². The lowest BCUT2D eigenvalue weighted by molar-refractivity contribution is 0.0601. The highest BCUT2D eigenvalue weighted by Gasteiger charge is 2.16. The first-order chi connectivity index (χ1) is 11.6. The van der Waals surface area contributed by atoms with E-state index in [4.69, 9.17) is 4.74 Å². The average Bonchev–Trinajstić information content (AvgIpc) is 2.95. The van der Waals surface area contributed by atoms with Crippen molar-refractivity contribution in [2.24, 2.45) is 0 Å². The van der Waals surface area contributed by atoms with E-state index in [-0.39, 0.29) is 5.97 Å². The first-order valence-electron chi connectivity index (χ1n) is 7.33. The van der Waals surface area contributed by atoms with Crippen molar-refractivity contribution in [1.82, 2.24) is 4.57 Å². The molecule has 0 saturated heterocycles. The molecule has 120 valence electrons. The molecule has 0 spiro atoms. The summed E-state index contributed by atoms with van der Waals surface area (Å²) >= 11 is 0. The SMILES string of the molecule is C=C/C=C(\C=C)c1c(C#N)cn(-c2ccc(C(=O)OC)cc2)c1C. The second kappa shape index (κ2) is 7.30. The third-order valence-electron chi connectivity index (χ3n) is 3.74. The minimum absolute atomic E-state index is 0.382. The summed E-state index contributed by atoms with van der Waals surface area (Å²) in [6.45, 7) is 9.44. The van der Waals surface area contributed by atoms with E-state index in [0.29, 0.717) is 11.1 Å². The lowest BCUT2D eigenvalue weighted by Gasteiger charge is -2.09. The molecule has 0 saturated carbocycles. The summed E-state index contributed by atoms with van der Waals surface area (Å²) in [5.74, 6) is -0.382. The number of esters is 1. The zero-order chi connectivity index (χ0) is 17.7. The van der Waals surface area contributed by atoms with E-state index >= 15 is 0 Å². The summed E-state index contributed by atoms with van der Waals surface area (Å²) in [7, 11) is 1.35. The highest BCUT2D eigenvalue weighted by atomic mass is 16.5. The summed E-state index contributed by atoms with van der Waals surface area (Å²) in [4.78, 5) is 11.5. The van der Waals surface area contributed by atoms with Crippen LogP contribution in [0.4, 0.5) is 0 Å². The molecule has 1 aromatic heterocycles. The fraction of sp³-hybridized carbons (Fsp3) is 0.100. The Bertz CT molecular complexity index is 862. The van der Waals surface area contributed by atoms with E-state index in [9.17, 15) is 10.1 Å². The van der Waals surface area contributed by atoms with E-state index in [1.807, 2.05) is 29.7 Å². The molecule has 24 heavy (non-hydrogen) atoms. The van der Waals surface area contributed by atoms with Crippen LogP contribution in [0.2, 0.25) is 0 Å². The predicted molar refractivity (Wildman–Crippen MR) is 94.9 cm³/mol. The van der Waals surface area contributed by atoms with Gasteiger partial charge in [-0.25, -0.2) is 4.79 Å². The largest absolute Gasteiger partial charge is 0.465 e. The molecule has 0 aliphatic carbocycles. The van der Waals surface area contributed by atoms with Crippen molar-refractivity contribution in [1.29, 1.82) is 5.26 Å². The number of ether oxygens (including phenoxy) is 1. The number of allylic oxidation sites excluding steroid dienone is 4. The summed E-state index contributed by atoms with van der Waals surface area (Å²) in [5.41, 5.74) is 4.45. The summed E-state index contributed by atoms with van der Waals surface area (Å²) in [6, 6.07) is 9.24. The monoisotopic (exact) mass is 318 g/mol. The summed E-state index contributed by atoms with van der Waals surface area (Å²) < 4.78 is 6.61. The molecule has 1 aromatic carbocycles. The molecular formula is C20H18N2O2. The van der Waals surface area contributed by atoms with E-state index in [1.165, 1.54) is 7.11 Å². The van der Waals surface area contributed by atoms with Gasteiger partial charge in [0.1, 0.15) is 6.07 Å². The van der Waals surface area contributed by atoms with Gasteiger partial charge in [0.2, 0.25) is 0 Å². The maximum Gasteiger partial charge on any atom is 0.337 e. The number of nitriles is 1. The van der Waals surface area contributed by atoms with E-state index in [1.54, 1.807) is 30.5 Å². The summed E-state index contributed by atoms with van der Waals surface area (Å²) in [6.07, 6.45) is 6.97. The van der Waals surface area contributed by atoms with Crippen LogP contribution in [-0.2, 0) is 4.74 Å². The lowest BCUT2D eigenvalue weighted by atomic mass is 10.0. The van der Waals surface area contributed by atoms with Gasteiger partial charge < -0.3 is 9.30 Å². The van der Waals surface area contributed by atoms with Crippen molar-refractivity contribution in [3.8, 4) is 11.8 Å². The number of methoxy groups -OCH3 is 1. The minimum Gasteiger partial charge on any atom is -0.465 e. The van der Waals surface area contributed by atoms with Gasteiger partial charge in [0.05, 0.1) is 18.2 Å². The number of benzene rings is 1. The third kappa shape index (κ3) is 3.06. The molecule has 0 unspecified atom stereocenters. The highest BCUT2D eigenvalue weighted by molar-refractivity contribution is 5.89. The Morgan fingerprint density at radius 3 is 2.46 bits per heavy atom. The number of hydrogen-bond donors (Lipinski definition) is 0. The zero-order valence-electron chi connectivity index (χ0n) is 13.7. The Labute approximate surface area is 141 Å². The summed E-state index contributed by atoms with van der Waals surface area (Å²) in [5, 5.41) is 9.45. The number of nitrogens with zero attached hydrogens (tertiary/aromatic N) is 2. The number of carbonyl (C=O) groups excluding carboxylic acids is 1.